The van der Waals surface area contributed by atoms with E-state index < -0.39 is 12.1 Å². The van der Waals surface area contributed by atoms with Gasteiger partial charge in [-0.2, -0.15) is 13.2 Å². The van der Waals surface area contributed by atoms with Crippen LogP contribution in [0.4, 0.5) is 13.2 Å². The van der Waals surface area contributed by atoms with Crippen LogP contribution in [0.25, 0.3) is 0 Å². The van der Waals surface area contributed by atoms with Gasteiger partial charge in [0.2, 0.25) is 0 Å². The molecule has 3 rings (SSSR count). The Morgan fingerprint density at radius 1 is 0.952 bits per heavy atom. The Morgan fingerprint density at radius 3 is 1.71 bits per heavy atom. The Labute approximate surface area is 118 Å². The van der Waals surface area contributed by atoms with Crippen molar-refractivity contribution >= 4 is 5.97 Å². The van der Waals surface area contributed by atoms with Crippen molar-refractivity contribution in [1.82, 2.24) is 0 Å². The number of para-hydroxylation sites is 2. The lowest BCUT2D eigenvalue weighted by molar-refractivity contribution is -0.192. The zero-order chi connectivity index (χ0) is 15.5. The van der Waals surface area contributed by atoms with Crippen molar-refractivity contribution in [3.05, 3.63) is 59.7 Å². The molecule has 1 aliphatic rings. The molecule has 0 unspecified atom stereocenters. The molecule has 0 aromatic heterocycles. The highest BCUT2D eigenvalue weighted by Crippen LogP contribution is 2.35. The normalized spacial score (nSPS) is 12.1. The molecule has 0 atom stereocenters. The third kappa shape index (κ3) is 3.75. The van der Waals surface area contributed by atoms with Crippen molar-refractivity contribution in [2.24, 2.45) is 0 Å². The summed E-state index contributed by atoms with van der Waals surface area (Å²) in [6.07, 6.45) is -4.10. The number of fused-ring (bicyclic) bond motifs is 2. The van der Waals surface area contributed by atoms with Crippen LogP contribution in [0.2, 0.25) is 0 Å². The lowest BCUT2D eigenvalue weighted by atomic mass is 10.0. The number of aliphatic carboxylic acids is 1. The molecule has 110 valence electrons. The molecular formula is C15H11F3O3. The predicted octanol–water partition coefficient (Wildman–Crippen LogP) is 4.02. The molecule has 0 radical (unpaired) electrons. The van der Waals surface area contributed by atoms with E-state index in [9.17, 15) is 13.2 Å². The quantitative estimate of drug-likeness (QED) is 0.681. The fourth-order valence-electron chi connectivity index (χ4n) is 1.82. The third-order valence-corrected chi connectivity index (χ3v) is 2.79. The molecule has 0 bridgehead atoms. The van der Waals surface area contributed by atoms with Gasteiger partial charge in [-0.05, 0) is 23.3 Å². The zero-order valence-electron chi connectivity index (χ0n) is 10.7. The van der Waals surface area contributed by atoms with Gasteiger partial charge in [-0.1, -0.05) is 36.4 Å². The maximum Gasteiger partial charge on any atom is 0.490 e. The molecule has 6 heteroatoms. The van der Waals surface area contributed by atoms with Crippen LogP contribution in [0, 0.1) is 0 Å². The molecule has 2 aromatic carbocycles. The summed E-state index contributed by atoms with van der Waals surface area (Å²) in [7, 11) is 0. The Kier molecular flexibility index (Phi) is 4.16. The van der Waals surface area contributed by atoms with Crippen LogP contribution in [-0.2, 0) is 11.2 Å². The summed E-state index contributed by atoms with van der Waals surface area (Å²) in [5, 5.41) is 7.12. The van der Waals surface area contributed by atoms with Gasteiger partial charge in [0.15, 0.2) is 0 Å². The summed E-state index contributed by atoms with van der Waals surface area (Å²) in [5.74, 6) is -0.773. The van der Waals surface area contributed by atoms with Crippen LogP contribution >= 0.6 is 0 Å². The molecular weight excluding hydrogens is 285 g/mol. The number of benzene rings is 2. The van der Waals surface area contributed by atoms with Gasteiger partial charge in [0.25, 0.3) is 0 Å². The number of rotatable bonds is 0. The first kappa shape index (κ1) is 14.9. The van der Waals surface area contributed by atoms with E-state index >= 15 is 0 Å². The van der Waals surface area contributed by atoms with Crippen LogP contribution < -0.4 is 4.74 Å². The number of carbonyl (C=O) groups is 1. The van der Waals surface area contributed by atoms with E-state index in [0.717, 1.165) is 17.9 Å². The Morgan fingerprint density at radius 2 is 1.33 bits per heavy atom. The summed E-state index contributed by atoms with van der Waals surface area (Å²) < 4.78 is 37.5. The number of hydrogen-bond donors (Lipinski definition) is 1. The number of ether oxygens (including phenoxy) is 1. The van der Waals surface area contributed by atoms with Gasteiger partial charge >= 0.3 is 12.1 Å². The molecule has 0 saturated heterocycles. The molecule has 0 aliphatic carbocycles. The van der Waals surface area contributed by atoms with Crippen molar-refractivity contribution in [1.29, 1.82) is 0 Å². The largest absolute Gasteiger partial charge is 0.490 e. The highest BCUT2D eigenvalue weighted by Gasteiger charge is 2.38. The van der Waals surface area contributed by atoms with Gasteiger partial charge in [0.05, 0.1) is 0 Å². The van der Waals surface area contributed by atoms with E-state index in [1.54, 1.807) is 0 Å². The molecule has 0 saturated carbocycles. The molecule has 1 aliphatic heterocycles. The lowest BCUT2D eigenvalue weighted by Crippen LogP contribution is -2.21. The Balaban J connectivity index is 0.000000199. The van der Waals surface area contributed by atoms with Crippen molar-refractivity contribution in [3.8, 4) is 11.5 Å². The molecule has 0 amide bonds. The first-order chi connectivity index (χ1) is 9.88. The monoisotopic (exact) mass is 296 g/mol. The van der Waals surface area contributed by atoms with Gasteiger partial charge < -0.3 is 9.84 Å². The number of hydrogen-bond acceptors (Lipinski definition) is 2. The second kappa shape index (κ2) is 5.87. The van der Waals surface area contributed by atoms with E-state index in [-0.39, 0.29) is 0 Å². The minimum atomic E-state index is -5.08. The minimum absolute atomic E-state index is 0.979. The van der Waals surface area contributed by atoms with E-state index in [0.29, 0.717) is 0 Å². The standard InChI is InChI=1S/C13H10O.C2HF3O2/c1-3-7-12-10(5-1)9-11-6-2-4-8-13(11)14-12;3-2(4,5)1(6)7/h1-8H,9H2;(H,6,7). The van der Waals surface area contributed by atoms with E-state index in [2.05, 4.69) is 24.3 Å². The van der Waals surface area contributed by atoms with Crippen LogP contribution in [-0.4, -0.2) is 17.3 Å². The van der Waals surface area contributed by atoms with Gasteiger partial charge in [0.1, 0.15) is 11.5 Å². The maximum absolute atomic E-state index is 10.6. The van der Waals surface area contributed by atoms with Gasteiger partial charge in [-0.25, -0.2) is 4.79 Å². The molecule has 21 heavy (non-hydrogen) atoms. The smallest absolute Gasteiger partial charge is 0.475 e. The molecule has 3 nitrogen and oxygen atoms in total. The highest BCUT2D eigenvalue weighted by atomic mass is 19.4. The first-order valence-electron chi connectivity index (χ1n) is 6.01. The molecule has 0 spiro atoms. The Bertz CT molecular complexity index is 563. The zero-order valence-corrected chi connectivity index (χ0v) is 10.7. The first-order valence-corrected chi connectivity index (χ1v) is 6.01. The highest BCUT2D eigenvalue weighted by molar-refractivity contribution is 5.73. The fourth-order valence-corrected chi connectivity index (χ4v) is 1.82. The summed E-state index contributed by atoms with van der Waals surface area (Å²) >= 11 is 0. The van der Waals surface area contributed by atoms with Crippen LogP contribution in [0.15, 0.2) is 48.5 Å². The van der Waals surface area contributed by atoms with Crippen LogP contribution in [0.1, 0.15) is 11.1 Å². The number of alkyl halides is 3. The molecule has 1 N–H and O–H groups in total. The van der Waals surface area contributed by atoms with Gasteiger partial charge in [-0.15, -0.1) is 0 Å². The summed E-state index contributed by atoms with van der Waals surface area (Å²) in [6.45, 7) is 0. The van der Waals surface area contributed by atoms with Crippen LogP contribution in [0.5, 0.6) is 11.5 Å². The van der Waals surface area contributed by atoms with Crippen molar-refractivity contribution in [3.63, 3.8) is 0 Å². The minimum Gasteiger partial charge on any atom is -0.475 e. The van der Waals surface area contributed by atoms with Crippen molar-refractivity contribution < 1.29 is 27.8 Å². The van der Waals surface area contributed by atoms with Crippen molar-refractivity contribution in [2.45, 2.75) is 12.6 Å². The van der Waals surface area contributed by atoms with E-state index in [4.69, 9.17) is 14.6 Å². The average molecular weight is 296 g/mol. The predicted molar refractivity (Wildman–Crippen MR) is 69.5 cm³/mol. The average Bonchev–Trinajstić information content (AvgIpc) is 2.44. The SMILES string of the molecule is O=C(O)C(F)(F)F.c1ccc2c(c1)Cc1ccccc1O2. The van der Waals surface area contributed by atoms with E-state index in [1.807, 2.05) is 24.3 Å². The van der Waals surface area contributed by atoms with Crippen LogP contribution in [0.3, 0.4) is 0 Å². The Hall–Kier alpha value is -2.50. The molecule has 0 fully saturated rings. The number of carboxylic acids is 1. The second-order valence-electron chi connectivity index (χ2n) is 4.30. The summed E-state index contributed by atoms with van der Waals surface area (Å²) in [6, 6.07) is 16.4. The number of halogens is 3. The van der Waals surface area contributed by atoms with E-state index in [1.165, 1.54) is 11.1 Å². The van der Waals surface area contributed by atoms with Gasteiger partial charge in [-0.3, -0.25) is 0 Å². The fraction of sp³-hybridized carbons (Fsp3) is 0.133. The molecule has 2 aromatic rings. The lowest BCUT2D eigenvalue weighted by Gasteiger charge is -2.19. The third-order valence-electron chi connectivity index (χ3n) is 2.79. The van der Waals surface area contributed by atoms with Crippen molar-refractivity contribution in [2.75, 3.05) is 0 Å². The molecule has 1 heterocycles. The summed E-state index contributed by atoms with van der Waals surface area (Å²) in [5.41, 5.74) is 2.54. The topological polar surface area (TPSA) is 46.5 Å². The second-order valence-corrected chi connectivity index (χ2v) is 4.30. The number of carboxylic acid groups (broad SMARTS) is 1. The van der Waals surface area contributed by atoms with Gasteiger partial charge in [0, 0.05) is 6.42 Å². The summed E-state index contributed by atoms with van der Waals surface area (Å²) in [4.78, 5) is 8.90. The maximum atomic E-state index is 10.6.